The van der Waals surface area contributed by atoms with Gasteiger partial charge in [-0.05, 0) is 33.6 Å². The van der Waals surface area contributed by atoms with E-state index in [-0.39, 0.29) is 5.75 Å². The second-order valence-electron chi connectivity index (χ2n) is 4.39. The number of ether oxygens (including phenoxy) is 1. The Morgan fingerprint density at radius 2 is 1.86 bits per heavy atom. The molecule has 0 bridgehead atoms. The summed E-state index contributed by atoms with van der Waals surface area (Å²) >= 11 is 0. The van der Waals surface area contributed by atoms with Crippen molar-refractivity contribution in [2.24, 2.45) is 4.99 Å². The second-order valence-corrected chi connectivity index (χ2v) is 6.48. The van der Waals surface area contributed by atoms with Crippen LogP contribution in [0.5, 0.6) is 0 Å². The number of hydrogen-bond donors (Lipinski definition) is 3. The van der Waals surface area contributed by atoms with E-state index in [9.17, 15) is 8.42 Å². The third-order valence-corrected chi connectivity index (χ3v) is 4.02. The maximum Gasteiger partial charge on any atom is 0.211 e. The Morgan fingerprint density at radius 3 is 2.48 bits per heavy atom. The topological polar surface area (TPSA) is 91.8 Å². The molecule has 0 fully saturated rings. The lowest BCUT2D eigenvalue weighted by molar-refractivity contribution is 0.146. The number of hydrogen-bond acceptors (Lipinski definition) is 4. The van der Waals surface area contributed by atoms with Gasteiger partial charge in [0, 0.05) is 39.4 Å². The molecular weight excluding hydrogens is 292 g/mol. The summed E-state index contributed by atoms with van der Waals surface area (Å²) in [7, 11) is -3.09. The molecule has 0 unspecified atom stereocenters. The standard InChI is InChI=1S/C13H30N4O3S/c1-4-14-13(16-10-8-12-20-5-2)15-9-7-11-17-21(18,19)6-3/h17H,4-12H2,1-3H3,(H2,14,15,16). The minimum atomic E-state index is -3.09. The van der Waals surface area contributed by atoms with Crippen LogP contribution in [0.4, 0.5) is 0 Å². The Hall–Kier alpha value is -0.860. The maximum absolute atomic E-state index is 11.2. The number of nitrogens with one attached hydrogen (secondary N) is 3. The summed E-state index contributed by atoms with van der Waals surface area (Å²) in [6.45, 7) is 9.66. The van der Waals surface area contributed by atoms with E-state index in [1.807, 2.05) is 13.8 Å². The predicted molar refractivity (Wildman–Crippen MR) is 87.2 cm³/mol. The molecule has 3 N–H and O–H groups in total. The molecule has 0 aliphatic carbocycles. The van der Waals surface area contributed by atoms with E-state index in [1.165, 1.54) is 0 Å². The van der Waals surface area contributed by atoms with Gasteiger partial charge in [-0.15, -0.1) is 0 Å². The molecule has 0 aliphatic heterocycles. The third kappa shape index (κ3) is 12.6. The summed E-state index contributed by atoms with van der Waals surface area (Å²) in [5.41, 5.74) is 0. The molecule has 0 spiro atoms. The van der Waals surface area contributed by atoms with E-state index < -0.39 is 10.0 Å². The van der Waals surface area contributed by atoms with Gasteiger partial charge in [-0.1, -0.05) is 0 Å². The van der Waals surface area contributed by atoms with Crippen LogP contribution in [-0.2, 0) is 14.8 Å². The zero-order chi connectivity index (χ0) is 16.0. The Bertz CT molecular complexity index is 372. The van der Waals surface area contributed by atoms with Crippen molar-refractivity contribution < 1.29 is 13.2 Å². The average molecular weight is 322 g/mol. The highest BCUT2D eigenvalue weighted by molar-refractivity contribution is 7.89. The van der Waals surface area contributed by atoms with Gasteiger partial charge >= 0.3 is 0 Å². The highest BCUT2D eigenvalue weighted by Crippen LogP contribution is 1.86. The molecule has 0 saturated heterocycles. The van der Waals surface area contributed by atoms with Crippen molar-refractivity contribution >= 4 is 16.0 Å². The first-order valence-corrected chi connectivity index (χ1v) is 9.28. The van der Waals surface area contributed by atoms with Crippen molar-refractivity contribution in [3.8, 4) is 0 Å². The first-order chi connectivity index (χ1) is 10.1. The van der Waals surface area contributed by atoms with E-state index in [4.69, 9.17) is 4.74 Å². The minimum absolute atomic E-state index is 0.115. The Labute approximate surface area is 129 Å². The van der Waals surface area contributed by atoms with Crippen molar-refractivity contribution in [2.75, 3.05) is 45.1 Å². The van der Waals surface area contributed by atoms with Gasteiger partial charge in [0.1, 0.15) is 0 Å². The summed E-state index contributed by atoms with van der Waals surface area (Å²) in [5.74, 6) is 0.872. The molecule has 0 aliphatic rings. The van der Waals surface area contributed by atoms with Crippen LogP contribution < -0.4 is 15.4 Å². The van der Waals surface area contributed by atoms with Crippen LogP contribution in [0.3, 0.4) is 0 Å². The zero-order valence-corrected chi connectivity index (χ0v) is 14.3. The average Bonchev–Trinajstić information content (AvgIpc) is 2.46. The second kappa shape index (κ2) is 12.8. The number of aliphatic imine (C=N–C) groups is 1. The fourth-order valence-electron chi connectivity index (χ4n) is 1.47. The summed E-state index contributed by atoms with van der Waals surface area (Å²) in [6, 6.07) is 0. The Morgan fingerprint density at radius 1 is 1.10 bits per heavy atom. The molecule has 21 heavy (non-hydrogen) atoms. The van der Waals surface area contributed by atoms with E-state index in [2.05, 4.69) is 20.3 Å². The van der Waals surface area contributed by atoms with Crippen LogP contribution >= 0.6 is 0 Å². The Balaban J connectivity index is 3.85. The lowest BCUT2D eigenvalue weighted by atomic mass is 10.4. The molecule has 7 nitrogen and oxygen atoms in total. The van der Waals surface area contributed by atoms with Crippen molar-refractivity contribution in [3.63, 3.8) is 0 Å². The molecule has 8 heteroatoms. The van der Waals surface area contributed by atoms with Gasteiger partial charge < -0.3 is 15.4 Å². The van der Waals surface area contributed by atoms with E-state index in [1.54, 1.807) is 6.92 Å². The van der Waals surface area contributed by atoms with Crippen LogP contribution in [0.1, 0.15) is 33.6 Å². The lowest BCUT2D eigenvalue weighted by Crippen LogP contribution is -2.39. The Kier molecular flexibility index (Phi) is 12.3. The highest BCUT2D eigenvalue weighted by atomic mass is 32.2. The molecule has 0 saturated carbocycles. The van der Waals surface area contributed by atoms with E-state index in [0.29, 0.717) is 26.1 Å². The highest BCUT2D eigenvalue weighted by Gasteiger charge is 2.04. The van der Waals surface area contributed by atoms with Crippen LogP contribution in [-0.4, -0.2) is 59.5 Å². The molecule has 0 aromatic heterocycles. The predicted octanol–water partition coefficient (Wildman–Crippen LogP) is 0.298. The normalized spacial score (nSPS) is 12.4. The molecule has 0 radical (unpaired) electrons. The van der Waals surface area contributed by atoms with Gasteiger partial charge in [0.25, 0.3) is 0 Å². The van der Waals surface area contributed by atoms with Crippen LogP contribution in [0.2, 0.25) is 0 Å². The van der Waals surface area contributed by atoms with Crippen molar-refractivity contribution in [2.45, 2.75) is 33.6 Å². The van der Waals surface area contributed by atoms with Crippen LogP contribution in [0.25, 0.3) is 0 Å². The summed E-state index contributed by atoms with van der Waals surface area (Å²) in [6.07, 6.45) is 1.60. The van der Waals surface area contributed by atoms with E-state index >= 15 is 0 Å². The molecule has 0 aromatic rings. The van der Waals surface area contributed by atoms with Gasteiger partial charge in [0.05, 0.1) is 5.75 Å². The van der Waals surface area contributed by atoms with Gasteiger partial charge in [-0.25, -0.2) is 13.1 Å². The minimum Gasteiger partial charge on any atom is -0.382 e. The molecule has 0 rings (SSSR count). The van der Waals surface area contributed by atoms with Crippen LogP contribution in [0, 0.1) is 0 Å². The van der Waals surface area contributed by atoms with Crippen molar-refractivity contribution in [1.82, 2.24) is 15.4 Å². The SMILES string of the molecule is CCNC(=NCCCOCC)NCCCNS(=O)(=O)CC. The monoisotopic (exact) mass is 322 g/mol. The van der Waals surface area contributed by atoms with Gasteiger partial charge in [-0.2, -0.15) is 0 Å². The first kappa shape index (κ1) is 20.1. The fraction of sp³-hybridized carbons (Fsp3) is 0.923. The van der Waals surface area contributed by atoms with Gasteiger partial charge in [0.15, 0.2) is 5.96 Å². The van der Waals surface area contributed by atoms with Gasteiger partial charge in [-0.3, -0.25) is 4.99 Å². The number of guanidine groups is 1. The lowest BCUT2D eigenvalue weighted by Gasteiger charge is -2.11. The number of sulfonamides is 1. The third-order valence-electron chi connectivity index (χ3n) is 2.61. The molecule has 0 atom stereocenters. The number of rotatable bonds is 12. The summed E-state index contributed by atoms with van der Waals surface area (Å²) < 4.78 is 30.3. The van der Waals surface area contributed by atoms with E-state index in [0.717, 1.165) is 32.1 Å². The zero-order valence-electron chi connectivity index (χ0n) is 13.4. The summed E-state index contributed by atoms with van der Waals surface area (Å²) in [4.78, 5) is 4.42. The maximum atomic E-state index is 11.2. The first-order valence-electron chi connectivity index (χ1n) is 7.63. The van der Waals surface area contributed by atoms with Crippen LogP contribution in [0.15, 0.2) is 4.99 Å². The van der Waals surface area contributed by atoms with Crippen molar-refractivity contribution in [1.29, 1.82) is 0 Å². The molecule has 0 aromatic carbocycles. The number of nitrogens with zero attached hydrogens (tertiary/aromatic N) is 1. The largest absolute Gasteiger partial charge is 0.382 e. The fourth-order valence-corrected chi connectivity index (χ4v) is 2.13. The molecule has 126 valence electrons. The van der Waals surface area contributed by atoms with Crippen molar-refractivity contribution in [3.05, 3.63) is 0 Å². The molecular formula is C13H30N4O3S. The molecule has 0 heterocycles. The summed E-state index contributed by atoms with van der Waals surface area (Å²) in [5, 5.41) is 6.33. The molecule has 0 amide bonds. The quantitative estimate of drug-likeness (QED) is 0.273. The van der Waals surface area contributed by atoms with Gasteiger partial charge in [0.2, 0.25) is 10.0 Å². The smallest absolute Gasteiger partial charge is 0.211 e.